The van der Waals surface area contributed by atoms with Gasteiger partial charge in [-0.1, -0.05) is 55.9 Å². The number of hydrogen-bond acceptors (Lipinski definition) is 6. The number of ether oxygens (including phenoxy) is 1. The minimum absolute atomic E-state index is 0.158. The van der Waals surface area contributed by atoms with Crippen molar-refractivity contribution in [1.82, 2.24) is 14.8 Å². The van der Waals surface area contributed by atoms with Gasteiger partial charge in [0.25, 0.3) is 5.91 Å². The molecule has 1 aromatic heterocycles. The fourth-order valence-electron chi connectivity index (χ4n) is 3.28. The van der Waals surface area contributed by atoms with Gasteiger partial charge in [0.15, 0.2) is 5.17 Å². The molecule has 0 atom stereocenters. The molecule has 1 amide bonds. The van der Waals surface area contributed by atoms with Crippen LogP contribution in [0.1, 0.15) is 30.9 Å². The van der Waals surface area contributed by atoms with E-state index in [1.54, 1.807) is 23.0 Å². The number of amidine groups is 1. The summed E-state index contributed by atoms with van der Waals surface area (Å²) in [5.74, 6) is 1.68. The third-order valence-corrected chi connectivity index (χ3v) is 5.98. The number of benzene rings is 2. The third kappa shape index (κ3) is 4.91. The largest absolute Gasteiger partial charge is 0.497 e. The van der Waals surface area contributed by atoms with E-state index in [0.717, 1.165) is 11.3 Å². The molecule has 2 aromatic carbocycles. The highest BCUT2D eigenvalue weighted by molar-refractivity contribution is 8.14. The van der Waals surface area contributed by atoms with Gasteiger partial charge in [0.1, 0.15) is 24.1 Å². The van der Waals surface area contributed by atoms with Gasteiger partial charge in [0.05, 0.1) is 19.3 Å². The molecule has 0 spiro atoms. The van der Waals surface area contributed by atoms with Crippen LogP contribution >= 0.6 is 11.8 Å². The fraction of sp³-hybridized carbons (Fsp3) is 0.250. The van der Waals surface area contributed by atoms with E-state index in [9.17, 15) is 4.79 Å². The van der Waals surface area contributed by atoms with Crippen molar-refractivity contribution in [2.45, 2.75) is 26.3 Å². The zero-order chi connectivity index (χ0) is 22.5. The quantitative estimate of drug-likeness (QED) is 0.496. The Kier molecular flexibility index (Phi) is 6.70. The lowest BCUT2D eigenvalue weighted by molar-refractivity contribution is -0.113. The number of aryl methyl sites for hydroxylation is 1. The summed E-state index contributed by atoms with van der Waals surface area (Å²) in [5, 5.41) is 4.76. The van der Waals surface area contributed by atoms with Crippen LogP contribution in [0.4, 0.5) is 5.69 Å². The van der Waals surface area contributed by atoms with E-state index in [0.29, 0.717) is 34.8 Å². The van der Waals surface area contributed by atoms with Gasteiger partial charge in [0.2, 0.25) is 0 Å². The lowest BCUT2D eigenvalue weighted by Crippen LogP contribution is -2.30. The molecule has 0 saturated carbocycles. The number of nitrogens with zero attached hydrogens (tertiary/aromatic N) is 5. The first-order valence-corrected chi connectivity index (χ1v) is 11.4. The number of aliphatic imine (C=N–C) groups is 1. The van der Waals surface area contributed by atoms with Crippen molar-refractivity contribution >= 4 is 34.6 Å². The maximum absolute atomic E-state index is 13.3. The molecule has 32 heavy (non-hydrogen) atoms. The number of thioether (sulfide) groups is 1. The molecule has 164 valence electrons. The molecule has 0 saturated heterocycles. The normalized spacial score (nSPS) is 15.0. The molecule has 7 nitrogen and oxygen atoms in total. The van der Waals surface area contributed by atoms with E-state index >= 15 is 0 Å². The Hall–Kier alpha value is -3.39. The van der Waals surface area contributed by atoms with Gasteiger partial charge in [-0.25, -0.2) is 9.98 Å². The Labute approximate surface area is 191 Å². The van der Waals surface area contributed by atoms with Crippen molar-refractivity contribution < 1.29 is 9.53 Å². The van der Waals surface area contributed by atoms with E-state index in [1.165, 1.54) is 23.7 Å². The molecular formula is C24H25N5O2S. The van der Waals surface area contributed by atoms with Gasteiger partial charge in [0, 0.05) is 11.8 Å². The summed E-state index contributed by atoms with van der Waals surface area (Å²) in [4.78, 5) is 23.6. The van der Waals surface area contributed by atoms with Crippen LogP contribution in [0, 0.1) is 0 Å². The second-order valence-corrected chi connectivity index (χ2v) is 8.66. The summed E-state index contributed by atoms with van der Waals surface area (Å²) in [6.45, 7) is 4.99. The summed E-state index contributed by atoms with van der Waals surface area (Å²) in [6, 6.07) is 15.7. The van der Waals surface area contributed by atoms with Crippen LogP contribution in [0.2, 0.25) is 0 Å². The van der Waals surface area contributed by atoms with E-state index in [1.807, 2.05) is 42.5 Å². The molecule has 2 heterocycles. The number of methoxy groups -OCH3 is 1. The molecule has 3 aromatic rings. The first kappa shape index (κ1) is 21.8. The monoisotopic (exact) mass is 447 g/mol. The number of anilines is 1. The maximum Gasteiger partial charge on any atom is 0.283 e. The Morgan fingerprint density at radius 2 is 1.97 bits per heavy atom. The highest BCUT2D eigenvalue weighted by Gasteiger charge is 2.32. The Morgan fingerprint density at radius 3 is 2.66 bits per heavy atom. The molecule has 0 fully saturated rings. The standard InChI is InChI=1S/C24H25N5O2S/c1-17(2)19-9-7-18(8-10-19)13-22-23(30)29(20-5-4-6-21(14-20)31-3)24(27-22)32-12-11-28-16-25-15-26-28/h4-10,13-17H,11-12H2,1-3H3. The molecule has 0 bridgehead atoms. The van der Waals surface area contributed by atoms with Crippen molar-refractivity contribution in [3.63, 3.8) is 0 Å². The first-order chi connectivity index (χ1) is 15.5. The van der Waals surface area contributed by atoms with Crippen molar-refractivity contribution in [3.05, 3.63) is 78.0 Å². The molecule has 1 aliphatic rings. The van der Waals surface area contributed by atoms with Crippen molar-refractivity contribution in [1.29, 1.82) is 0 Å². The predicted molar refractivity (Wildman–Crippen MR) is 129 cm³/mol. The number of carbonyl (C=O) groups excluding carboxylic acids is 1. The van der Waals surface area contributed by atoms with E-state index in [4.69, 9.17) is 4.74 Å². The number of amides is 1. The molecule has 0 unspecified atom stereocenters. The average molecular weight is 448 g/mol. The van der Waals surface area contributed by atoms with E-state index in [-0.39, 0.29) is 5.91 Å². The van der Waals surface area contributed by atoms with Crippen LogP contribution in [0.5, 0.6) is 5.75 Å². The van der Waals surface area contributed by atoms with Crippen LogP contribution in [-0.2, 0) is 11.3 Å². The maximum atomic E-state index is 13.3. The van der Waals surface area contributed by atoms with Crippen LogP contribution in [0.25, 0.3) is 6.08 Å². The SMILES string of the molecule is COc1cccc(N2C(=O)C(=Cc3ccc(C(C)C)cc3)N=C2SCCn2cncn2)c1. The van der Waals surface area contributed by atoms with Crippen LogP contribution in [0.15, 0.2) is 71.9 Å². The zero-order valence-corrected chi connectivity index (χ0v) is 19.1. The lowest BCUT2D eigenvalue weighted by Gasteiger charge is -2.18. The van der Waals surface area contributed by atoms with Gasteiger partial charge >= 0.3 is 0 Å². The smallest absolute Gasteiger partial charge is 0.283 e. The highest BCUT2D eigenvalue weighted by atomic mass is 32.2. The molecule has 0 N–H and O–H groups in total. The van der Waals surface area contributed by atoms with Gasteiger partial charge in [-0.05, 0) is 35.3 Å². The van der Waals surface area contributed by atoms with E-state index in [2.05, 4.69) is 41.1 Å². The van der Waals surface area contributed by atoms with Gasteiger partial charge in [-0.3, -0.25) is 14.4 Å². The van der Waals surface area contributed by atoms with Gasteiger partial charge in [-0.15, -0.1) is 0 Å². The van der Waals surface area contributed by atoms with Crippen LogP contribution in [-0.4, -0.2) is 38.7 Å². The molecular weight excluding hydrogens is 422 g/mol. The minimum Gasteiger partial charge on any atom is -0.497 e. The van der Waals surface area contributed by atoms with Gasteiger partial charge in [-0.2, -0.15) is 5.10 Å². The number of hydrogen-bond donors (Lipinski definition) is 0. The van der Waals surface area contributed by atoms with Crippen molar-refractivity contribution in [2.24, 2.45) is 4.99 Å². The summed E-state index contributed by atoms with van der Waals surface area (Å²) >= 11 is 1.51. The summed E-state index contributed by atoms with van der Waals surface area (Å²) in [7, 11) is 1.61. The number of rotatable bonds is 7. The fourth-order valence-corrected chi connectivity index (χ4v) is 4.23. The number of aromatic nitrogens is 3. The van der Waals surface area contributed by atoms with E-state index < -0.39 is 0 Å². The average Bonchev–Trinajstić information content (AvgIpc) is 3.42. The van der Waals surface area contributed by atoms with Crippen molar-refractivity contribution in [2.75, 3.05) is 17.8 Å². The molecule has 0 aliphatic carbocycles. The molecule has 0 radical (unpaired) electrons. The topological polar surface area (TPSA) is 72.6 Å². The Morgan fingerprint density at radius 1 is 1.16 bits per heavy atom. The first-order valence-electron chi connectivity index (χ1n) is 10.4. The van der Waals surface area contributed by atoms with Crippen LogP contribution in [0.3, 0.4) is 0 Å². The second kappa shape index (κ2) is 9.82. The molecule has 4 rings (SSSR count). The Balaban J connectivity index is 1.61. The predicted octanol–water partition coefficient (Wildman–Crippen LogP) is 4.59. The Bertz CT molecular complexity index is 1140. The lowest BCUT2D eigenvalue weighted by atomic mass is 10.0. The summed E-state index contributed by atoms with van der Waals surface area (Å²) in [6.07, 6.45) is 5.02. The van der Waals surface area contributed by atoms with Gasteiger partial charge < -0.3 is 4.74 Å². The van der Waals surface area contributed by atoms with Crippen LogP contribution < -0.4 is 9.64 Å². The molecule has 8 heteroatoms. The highest BCUT2D eigenvalue weighted by Crippen LogP contribution is 2.31. The zero-order valence-electron chi connectivity index (χ0n) is 18.3. The number of carbonyl (C=O) groups is 1. The minimum atomic E-state index is -0.158. The summed E-state index contributed by atoms with van der Waals surface area (Å²) < 4.78 is 7.11. The van der Waals surface area contributed by atoms with Crippen molar-refractivity contribution in [3.8, 4) is 5.75 Å². The molecule has 1 aliphatic heterocycles. The summed E-state index contributed by atoms with van der Waals surface area (Å²) in [5.41, 5.74) is 3.34. The second-order valence-electron chi connectivity index (χ2n) is 7.59. The third-order valence-electron chi connectivity index (χ3n) is 5.07.